The van der Waals surface area contributed by atoms with Gasteiger partial charge in [-0.25, -0.2) is 4.79 Å². The van der Waals surface area contributed by atoms with E-state index in [2.05, 4.69) is 15.0 Å². The maximum absolute atomic E-state index is 12.5. The van der Waals surface area contributed by atoms with Crippen LogP contribution < -0.4 is 37.0 Å². The van der Waals surface area contributed by atoms with Crippen LogP contribution in [0.15, 0.2) is 82.5 Å². The van der Waals surface area contributed by atoms with Gasteiger partial charge in [-0.1, -0.05) is 42.5 Å². The Balaban J connectivity index is 1.41. The number of hydrogen-bond acceptors (Lipinski definition) is 7. The fourth-order valence-electron chi connectivity index (χ4n) is 3.67. The first-order valence-corrected chi connectivity index (χ1v) is 12.4. The summed E-state index contributed by atoms with van der Waals surface area (Å²) in [5.41, 5.74) is 6.87. The first kappa shape index (κ1) is 27.3. The molecule has 0 saturated carbocycles. The van der Waals surface area contributed by atoms with Crippen LogP contribution in [0.5, 0.6) is 11.5 Å². The predicted octanol–water partition coefficient (Wildman–Crippen LogP) is 1.77. The highest BCUT2D eigenvalue weighted by Gasteiger charge is 2.17. The van der Waals surface area contributed by atoms with Crippen LogP contribution in [0.2, 0.25) is 0 Å². The molecule has 0 saturated heterocycles. The lowest BCUT2D eigenvalue weighted by atomic mass is 10.1. The van der Waals surface area contributed by atoms with Gasteiger partial charge >= 0.3 is 5.97 Å². The molecule has 0 fully saturated rings. The fourth-order valence-corrected chi connectivity index (χ4v) is 3.67. The van der Waals surface area contributed by atoms with Crippen molar-refractivity contribution in [3.63, 3.8) is 0 Å². The smallest absolute Gasteiger partial charge is 0.328 e. The molecule has 0 radical (unpaired) electrons. The van der Waals surface area contributed by atoms with Crippen LogP contribution in [0.4, 0.5) is 0 Å². The van der Waals surface area contributed by atoms with Gasteiger partial charge in [-0.2, -0.15) is 0 Å². The molecule has 2 aromatic heterocycles. The van der Waals surface area contributed by atoms with Gasteiger partial charge in [0.2, 0.25) is 0 Å². The number of esters is 1. The number of H-pyrrole nitrogens is 2. The SMILES string of the molecule is CC(C)(C)Oc1ccc(CC(N)C(=O)Oc2ccc(C=c3[nH]c(=O)c(=Cc4ccccc4)[nH]c3=O)nc2)cc1. The minimum Gasteiger partial charge on any atom is -0.488 e. The average molecular weight is 527 g/mol. The maximum atomic E-state index is 12.5. The number of aromatic nitrogens is 3. The van der Waals surface area contributed by atoms with Gasteiger partial charge in [0.05, 0.1) is 11.9 Å². The van der Waals surface area contributed by atoms with Gasteiger partial charge in [0.25, 0.3) is 11.1 Å². The van der Waals surface area contributed by atoms with Crippen molar-refractivity contribution < 1.29 is 14.3 Å². The van der Waals surface area contributed by atoms with E-state index in [9.17, 15) is 14.4 Å². The maximum Gasteiger partial charge on any atom is 0.328 e. The fraction of sp³-hybridized carbons (Fsp3) is 0.200. The average Bonchev–Trinajstić information content (AvgIpc) is 2.89. The van der Waals surface area contributed by atoms with Crippen molar-refractivity contribution in [1.29, 1.82) is 0 Å². The summed E-state index contributed by atoms with van der Waals surface area (Å²) in [5, 5.41) is 0.187. The Labute approximate surface area is 224 Å². The van der Waals surface area contributed by atoms with E-state index in [-0.39, 0.29) is 22.0 Å². The summed E-state index contributed by atoms with van der Waals surface area (Å²) in [6, 6.07) is 18.8. The highest BCUT2D eigenvalue weighted by Crippen LogP contribution is 2.19. The monoisotopic (exact) mass is 526 g/mol. The van der Waals surface area contributed by atoms with Gasteiger partial charge in [0.1, 0.15) is 33.8 Å². The van der Waals surface area contributed by atoms with Gasteiger partial charge in [-0.15, -0.1) is 0 Å². The highest BCUT2D eigenvalue weighted by atomic mass is 16.5. The molecule has 0 aliphatic carbocycles. The number of aromatic amines is 2. The molecule has 2 heterocycles. The Kier molecular flexibility index (Phi) is 8.21. The molecular formula is C30H30N4O5. The minimum atomic E-state index is -0.875. The van der Waals surface area contributed by atoms with E-state index in [1.165, 1.54) is 18.3 Å². The summed E-state index contributed by atoms with van der Waals surface area (Å²) in [6.07, 6.45) is 4.66. The third-order valence-corrected chi connectivity index (χ3v) is 5.47. The molecule has 9 heteroatoms. The first-order chi connectivity index (χ1) is 18.6. The number of rotatable bonds is 7. The van der Waals surface area contributed by atoms with Crippen molar-refractivity contribution in [3.8, 4) is 11.5 Å². The molecule has 0 spiro atoms. The number of nitrogens with zero attached hydrogens (tertiary/aromatic N) is 1. The molecule has 9 nitrogen and oxygen atoms in total. The van der Waals surface area contributed by atoms with Crippen LogP contribution in [-0.4, -0.2) is 32.6 Å². The zero-order valence-corrected chi connectivity index (χ0v) is 21.9. The Morgan fingerprint density at radius 1 is 0.897 bits per heavy atom. The lowest BCUT2D eigenvalue weighted by Gasteiger charge is -2.21. The van der Waals surface area contributed by atoms with Crippen LogP contribution in [0.1, 0.15) is 37.6 Å². The van der Waals surface area contributed by atoms with E-state index in [0.29, 0.717) is 12.1 Å². The zero-order valence-electron chi connectivity index (χ0n) is 21.9. The molecule has 0 aliphatic heterocycles. The van der Waals surface area contributed by atoms with Gasteiger partial charge in [-0.3, -0.25) is 14.6 Å². The summed E-state index contributed by atoms with van der Waals surface area (Å²) in [4.78, 5) is 46.8. The van der Waals surface area contributed by atoms with E-state index >= 15 is 0 Å². The van der Waals surface area contributed by atoms with Crippen LogP contribution in [-0.2, 0) is 11.2 Å². The molecule has 4 aromatic rings. The topological polar surface area (TPSA) is 140 Å². The molecule has 200 valence electrons. The van der Waals surface area contributed by atoms with Crippen LogP contribution >= 0.6 is 0 Å². The number of carbonyl (C=O) groups excluding carboxylic acids is 1. The van der Waals surface area contributed by atoms with E-state index in [4.69, 9.17) is 15.2 Å². The third-order valence-electron chi connectivity index (χ3n) is 5.47. The van der Waals surface area contributed by atoms with Crippen molar-refractivity contribution in [1.82, 2.24) is 15.0 Å². The van der Waals surface area contributed by atoms with Crippen molar-refractivity contribution >= 4 is 18.1 Å². The van der Waals surface area contributed by atoms with Gasteiger partial charge < -0.3 is 25.2 Å². The largest absolute Gasteiger partial charge is 0.488 e. The Hall–Kier alpha value is -4.76. The Bertz CT molecular complexity index is 1670. The van der Waals surface area contributed by atoms with Crippen LogP contribution in [0.25, 0.3) is 12.2 Å². The molecule has 0 bridgehead atoms. The van der Waals surface area contributed by atoms with Crippen molar-refractivity contribution in [2.24, 2.45) is 5.73 Å². The number of hydrogen-bond donors (Lipinski definition) is 3. The quantitative estimate of drug-likeness (QED) is 0.312. The van der Waals surface area contributed by atoms with Crippen molar-refractivity contribution in [2.75, 3.05) is 0 Å². The number of nitrogens with one attached hydrogen (secondary N) is 2. The normalized spacial score (nSPS) is 13.2. The number of carbonyl (C=O) groups is 1. The van der Waals surface area contributed by atoms with Gasteiger partial charge in [0.15, 0.2) is 0 Å². The number of pyridine rings is 1. The van der Waals surface area contributed by atoms with Crippen LogP contribution in [0.3, 0.4) is 0 Å². The molecule has 4 N–H and O–H groups in total. The molecule has 1 atom stereocenters. The van der Waals surface area contributed by atoms with Crippen molar-refractivity contribution in [3.05, 3.63) is 121 Å². The molecule has 4 rings (SSSR count). The predicted molar refractivity (Wildman–Crippen MR) is 149 cm³/mol. The van der Waals surface area contributed by atoms with Crippen molar-refractivity contribution in [2.45, 2.75) is 38.8 Å². The lowest BCUT2D eigenvalue weighted by molar-refractivity contribution is -0.135. The molecule has 2 aromatic carbocycles. The second-order valence-corrected chi connectivity index (χ2v) is 9.94. The second kappa shape index (κ2) is 11.7. The molecular weight excluding hydrogens is 496 g/mol. The standard InChI is InChI=1S/C30H30N4O5/c1-30(2,3)39-22-12-9-20(10-13-22)15-24(31)29(37)38-23-14-11-21(32-18-23)17-26-28(36)33-25(27(35)34-26)16-19-7-5-4-6-8-19/h4-14,16-18,24H,15,31H2,1-3H3,(H,33,36)(H,34,35). The lowest BCUT2D eigenvalue weighted by Crippen LogP contribution is -2.46. The van der Waals surface area contributed by atoms with E-state index in [1.807, 2.05) is 75.4 Å². The molecule has 0 amide bonds. The summed E-state index contributed by atoms with van der Waals surface area (Å²) >= 11 is 0. The van der Waals surface area contributed by atoms with E-state index in [0.717, 1.165) is 16.9 Å². The number of nitrogens with two attached hydrogens (primary N) is 1. The van der Waals surface area contributed by atoms with E-state index < -0.39 is 23.1 Å². The summed E-state index contributed by atoms with van der Waals surface area (Å²) in [7, 11) is 0. The second-order valence-electron chi connectivity index (χ2n) is 9.94. The summed E-state index contributed by atoms with van der Waals surface area (Å²) < 4.78 is 11.2. The van der Waals surface area contributed by atoms with Gasteiger partial charge in [-0.05, 0) is 74.7 Å². The van der Waals surface area contributed by atoms with Crippen LogP contribution in [0, 0.1) is 0 Å². The molecule has 1 unspecified atom stereocenters. The summed E-state index contributed by atoms with van der Waals surface area (Å²) in [6.45, 7) is 5.90. The number of ether oxygens (including phenoxy) is 2. The third kappa shape index (κ3) is 7.86. The number of benzene rings is 2. The summed E-state index contributed by atoms with van der Waals surface area (Å²) in [5.74, 6) is 0.337. The zero-order chi connectivity index (χ0) is 28.0. The molecule has 0 aliphatic rings. The Morgan fingerprint density at radius 2 is 1.51 bits per heavy atom. The first-order valence-electron chi connectivity index (χ1n) is 12.4. The molecule has 39 heavy (non-hydrogen) atoms. The highest BCUT2D eigenvalue weighted by molar-refractivity contribution is 5.78. The minimum absolute atomic E-state index is 0.0448. The Morgan fingerprint density at radius 3 is 2.10 bits per heavy atom. The van der Waals surface area contributed by atoms with E-state index in [1.54, 1.807) is 12.1 Å². The van der Waals surface area contributed by atoms with Gasteiger partial charge in [0, 0.05) is 0 Å².